The van der Waals surface area contributed by atoms with Gasteiger partial charge in [-0.2, -0.15) is 0 Å². The SMILES string of the molecule is CCCCCO[C@H]1CC[C@H]([C@H]2CC[C@H](CCC)CC2)CC1. The summed E-state index contributed by atoms with van der Waals surface area (Å²) in [5.74, 6) is 3.15. The molecule has 2 aliphatic rings. The number of hydrogen-bond donors (Lipinski definition) is 0. The predicted molar refractivity (Wildman–Crippen MR) is 91.6 cm³/mol. The highest BCUT2D eigenvalue weighted by Gasteiger charge is 2.30. The molecule has 0 amide bonds. The van der Waals surface area contributed by atoms with Crippen molar-refractivity contribution in [2.45, 2.75) is 103 Å². The molecule has 0 aromatic rings. The Morgan fingerprint density at radius 1 is 0.714 bits per heavy atom. The zero-order chi connectivity index (χ0) is 14.9. The zero-order valence-corrected chi connectivity index (χ0v) is 14.6. The van der Waals surface area contributed by atoms with Gasteiger partial charge in [0, 0.05) is 6.61 Å². The third-order valence-corrected chi connectivity index (χ3v) is 6.08. The van der Waals surface area contributed by atoms with E-state index in [-0.39, 0.29) is 0 Å². The van der Waals surface area contributed by atoms with Crippen molar-refractivity contribution in [3.8, 4) is 0 Å². The van der Waals surface area contributed by atoms with E-state index < -0.39 is 0 Å². The van der Waals surface area contributed by atoms with E-state index in [1.54, 1.807) is 0 Å². The van der Waals surface area contributed by atoms with E-state index in [4.69, 9.17) is 4.74 Å². The summed E-state index contributed by atoms with van der Waals surface area (Å²) in [7, 11) is 0. The van der Waals surface area contributed by atoms with Crippen LogP contribution in [0.15, 0.2) is 0 Å². The molecule has 0 saturated heterocycles. The normalized spacial score (nSPS) is 34.0. The molecule has 0 N–H and O–H groups in total. The number of ether oxygens (including phenoxy) is 1. The molecule has 2 saturated carbocycles. The number of hydrogen-bond acceptors (Lipinski definition) is 1. The number of unbranched alkanes of at least 4 members (excludes halogenated alkanes) is 2. The second-order valence-electron chi connectivity index (χ2n) is 7.68. The summed E-state index contributed by atoms with van der Waals surface area (Å²) in [6, 6.07) is 0. The molecule has 0 atom stereocenters. The van der Waals surface area contributed by atoms with Gasteiger partial charge < -0.3 is 4.74 Å². The lowest BCUT2D eigenvalue weighted by Gasteiger charge is -2.37. The van der Waals surface area contributed by atoms with E-state index in [2.05, 4.69) is 13.8 Å². The molecule has 124 valence electrons. The Hall–Kier alpha value is -0.0400. The smallest absolute Gasteiger partial charge is 0.0575 e. The first-order chi connectivity index (χ1) is 10.3. The van der Waals surface area contributed by atoms with Gasteiger partial charge in [-0.3, -0.25) is 0 Å². The van der Waals surface area contributed by atoms with Crippen molar-refractivity contribution in [3.63, 3.8) is 0 Å². The van der Waals surface area contributed by atoms with Crippen LogP contribution in [0.1, 0.15) is 97.3 Å². The molecule has 2 aliphatic carbocycles. The van der Waals surface area contributed by atoms with Crippen LogP contribution < -0.4 is 0 Å². The van der Waals surface area contributed by atoms with Crippen LogP contribution in [0, 0.1) is 17.8 Å². The average molecular weight is 295 g/mol. The molecule has 0 heterocycles. The molecule has 2 rings (SSSR count). The first-order valence-electron chi connectivity index (χ1n) is 9.95. The van der Waals surface area contributed by atoms with Gasteiger partial charge in [0.1, 0.15) is 0 Å². The average Bonchev–Trinajstić information content (AvgIpc) is 2.53. The van der Waals surface area contributed by atoms with E-state index >= 15 is 0 Å². The second-order valence-corrected chi connectivity index (χ2v) is 7.68. The minimum Gasteiger partial charge on any atom is -0.378 e. The fraction of sp³-hybridized carbons (Fsp3) is 1.00. The molecule has 1 nitrogen and oxygen atoms in total. The first kappa shape index (κ1) is 17.3. The van der Waals surface area contributed by atoms with Gasteiger partial charge >= 0.3 is 0 Å². The highest BCUT2D eigenvalue weighted by atomic mass is 16.5. The summed E-state index contributed by atoms with van der Waals surface area (Å²) in [6.07, 6.45) is 19.0. The fourth-order valence-corrected chi connectivity index (χ4v) is 4.69. The standard InChI is InChI=1S/C20H38O/c1-3-5-6-16-21-20-14-12-19(13-15-20)18-10-8-17(7-4-2)9-11-18/h17-20H,3-16H2,1-2H3/t17-,18-,19-,20-. The van der Waals surface area contributed by atoms with Gasteiger partial charge in [0.25, 0.3) is 0 Å². The van der Waals surface area contributed by atoms with Crippen LogP contribution in [0.4, 0.5) is 0 Å². The van der Waals surface area contributed by atoms with Crippen molar-refractivity contribution < 1.29 is 4.74 Å². The Balaban J connectivity index is 1.59. The maximum Gasteiger partial charge on any atom is 0.0575 e. The van der Waals surface area contributed by atoms with Crippen molar-refractivity contribution in [2.75, 3.05) is 6.61 Å². The molecular weight excluding hydrogens is 256 g/mol. The molecule has 0 unspecified atom stereocenters. The quantitative estimate of drug-likeness (QED) is 0.473. The van der Waals surface area contributed by atoms with Crippen LogP contribution in [0.3, 0.4) is 0 Å². The van der Waals surface area contributed by atoms with E-state index in [0.717, 1.165) is 24.4 Å². The Morgan fingerprint density at radius 2 is 1.33 bits per heavy atom. The maximum atomic E-state index is 6.07. The van der Waals surface area contributed by atoms with E-state index in [1.165, 1.54) is 83.5 Å². The van der Waals surface area contributed by atoms with Crippen molar-refractivity contribution in [3.05, 3.63) is 0 Å². The monoisotopic (exact) mass is 294 g/mol. The molecule has 2 fully saturated rings. The molecule has 21 heavy (non-hydrogen) atoms. The molecule has 0 aliphatic heterocycles. The Morgan fingerprint density at radius 3 is 1.90 bits per heavy atom. The minimum atomic E-state index is 0.592. The summed E-state index contributed by atoms with van der Waals surface area (Å²) < 4.78 is 6.07. The molecule has 0 bridgehead atoms. The Bertz CT molecular complexity index is 247. The topological polar surface area (TPSA) is 9.23 Å². The largest absolute Gasteiger partial charge is 0.378 e. The van der Waals surface area contributed by atoms with Gasteiger partial charge in [0.05, 0.1) is 6.10 Å². The lowest BCUT2D eigenvalue weighted by Crippen LogP contribution is -2.28. The van der Waals surface area contributed by atoms with Crippen molar-refractivity contribution >= 4 is 0 Å². The maximum absolute atomic E-state index is 6.07. The first-order valence-corrected chi connectivity index (χ1v) is 9.95. The summed E-state index contributed by atoms with van der Waals surface area (Å²) in [5.41, 5.74) is 0. The summed E-state index contributed by atoms with van der Waals surface area (Å²) in [5, 5.41) is 0. The molecule has 1 heteroatoms. The zero-order valence-electron chi connectivity index (χ0n) is 14.6. The molecular formula is C20H38O. The van der Waals surface area contributed by atoms with Crippen LogP contribution in [0.5, 0.6) is 0 Å². The van der Waals surface area contributed by atoms with Crippen LogP contribution in [-0.2, 0) is 4.74 Å². The van der Waals surface area contributed by atoms with E-state index in [0.29, 0.717) is 6.10 Å². The van der Waals surface area contributed by atoms with Crippen LogP contribution >= 0.6 is 0 Å². The summed E-state index contributed by atoms with van der Waals surface area (Å²) in [4.78, 5) is 0. The van der Waals surface area contributed by atoms with Gasteiger partial charge in [-0.25, -0.2) is 0 Å². The van der Waals surface area contributed by atoms with E-state index in [1.807, 2.05) is 0 Å². The van der Waals surface area contributed by atoms with Crippen molar-refractivity contribution in [2.24, 2.45) is 17.8 Å². The third-order valence-electron chi connectivity index (χ3n) is 6.08. The van der Waals surface area contributed by atoms with Gasteiger partial charge in [-0.15, -0.1) is 0 Å². The summed E-state index contributed by atoms with van der Waals surface area (Å²) in [6.45, 7) is 5.61. The minimum absolute atomic E-state index is 0.592. The highest BCUT2D eigenvalue weighted by molar-refractivity contribution is 4.82. The fourth-order valence-electron chi connectivity index (χ4n) is 4.69. The van der Waals surface area contributed by atoms with Gasteiger partial charge in [0.15, 0.2) is 0 Å². The second kappa shape index (κ2) is 9.87. The Kier molecular flexibility index (Phi) is 8.14. The van der Waals surface area contributed by atoms with Crippen molar-refractivity contribution in [1.82, 2.24) is 0 Å². The molecule has 0 spiro atoms. The lowest BCUT2D eigenvalue weighted by molar-refractivity contribution is 0.00541. The van der Waals surface area contributed by atoms with E-state index in [9.17, 15) is 0 Å². The molecule has 0 radical (unpaired) electrons. The van der Waals surface area contributed by atoms with Crippen molar-refractivity contribution in [1.29, 1.82) is 0 Å². The van der Waals surface area contributed by atoms with Gasteiger partial charge in [-0.05, 0) is 62.7 Å². The molecule has 0 aromatic carbocycles. The predicted octanol–water partition coefficient (Wildman–Crippen LogP) is 6.36. The van der Waals surface area contributed by atoms with Gasteiger partial charge in [-0.1, -0.05) is 52.4 Å². The van der Waals surface area contributed by atoms with Gasteiger partial charge in [0.2, 0.25) is 0 Å². The number of rotatable bonds is 8. The van der Waals surface area contributed by atoms with Crippen LogP contribution in [0.25, 0.3) is 0 Å². The Labute approximate surface area is 133 Å². The highest BCUT2D eigenvalue weighted by Crippen LogP contribution is 2.41. The molecule has 0 aromatic heterocycles. The third kappa shape index (κ3) is 5.93. The van der Waals surface area contributed by atoms with Crippen LogP contribution in [0.2, 0.25) is 0 Å². The lowest BCUT2D eigenvalue weighted by atomic mass is 9.70. The van der Waals surface area contributed by atoms with Crippen LogP contribution in [-0.4, -0.2) is 12.7 Å². The summed E-state index contributed by atoms with van der Waals surface area (Å²) >= 11 is 0.